The first-order valence-corrected chi connectivity index (χ1v) is 15.3. The number of nitrogens with one attached hydrogen (secondary N) is 4. The molecular weight excluding hydrogens is 498 g/mol. The molecule has 2 amide bonds. The van der Waals surface area contributed by atoms with Gasteiger partial charge in [0.2, 0.25) is 11.8 Å². The Kier molecular flexibility index (Phi) is 8.60. The Balaban J connectivity index is 0.00000158. The topological polar surface area (TPSA) is 97.3 Å². The molecule has 7 heteroatoms. The van der Waals surface area contributed by atoms with E-state index in [2.05, 4.69) is 51.2 Å². The van der Waals surface area contributed by atoms with Crippen molar-refractivity contribution in [2.45, 2.75) is 71.1 Å². The average Bonchev–Trinajstić information content (AvgIpc) is 3.35. The number of fused-ring (bicyclic) bond motifs is 1. The summed E-state index contributed by atoms with van der Waals surface area (Å²) in [6, 6.07) is 13.5. The van der Waals surface area contributed by atoms with Crippen LogP contribution in [-0.2, 0) is 22.4 Å². The Morgan fingerprint density at radius 1 is 0.975 bits per heavy atom. The summed E-state index contributed by atoms with van der Waals surface area (Å²) in [7, 11) is 1.86. The van der Waals surface area contributed by atoms with E-state index in [9.17, 15) is 9.59 Å². The number of hydrogen-bond acceptors (Lipinski definition) is 6. The van der Waals surface area contributed by atoms with Crippen LogP contribution in [0.4, 0.5) is 11.4 Å². The molecule has 7 nitrogen and oxygen atoms in total. The third kappa shape index (κ3) is 5.67. The summed E-state index contributed by atoms with van der Waals surface area (Å²) in [5.74, 6) is -0.488. The van der Waals surface area contributed by atoms with E-state index < -0.39 is 5.92 Å². The first-order valence-electron chi connectivity index (χ1n) is 15.3. The second-order valence-electron chi connectivity index (χ2n) is 11.8. The zero-order valence-corrected chi connectivity index (χ0v) is 24.4. The van der Waals surface area contributed by atoms with Gasteiger partial charge in [0.15, 0.2) is 0 Å². The molecule has 3 heterocycles. The monoisotopic (exact) mass is 543 g/mol. The number of hydrogen-bond donors (Lipinski definition) is 4. The van der Waals surface area contributed by atoms with Gasteiger partial charge in [0.1, 0.15) is 0 Å². The lowest BCUT2D eigenvalue weighted by atomic mass is 9.76. The summed E-state index contributed by atoms with van der Waals surface area (Å²) in [5.41, 5.74) is 8.09. The standard InChI is InChI=1S/C31H39N5O2.C2H6/c1-33-27-17-24(4-5-25(27)29(32)26-6-7-28(37)35-30(26)38)36-14-10-31(11-15-36)18-22-3-2-21(16-23(22)19-31)20-8-12-34-13-9-20;1-2/h2-5,16-17,20,26,32-34H,6-15,18-19H2,1H3,(H,35,37,38);1-2H3. The number of imide groups is 1. The fourth-order valence-corrected chi connectivity index (χ4v) is 7.18. The summed E-state index contributed by atoms with van der Waals surface area (Å²) in [4.78, 5) is 26.3. The predicted molar refractivity (Wildman–Crippen MR) is 163 cm³/mol. The number of carbonyl (C=O) groups is 2. The lowest BCUT2D eigenvalue weighted by Gasteiger charge is -2.40. The molecule has 4 aliphatic rings. The molecule has 2 aromatic rings. The fraction of sp³-hybridized carbons (Fsp3) is 0.545. The number of benzene rings is 2. The molecule has 6 rings (SSSR count). The van der Waals surface area contributed by atoms with E-state index in [4.69, 9.17) is 5.41 Å². The SMILES string of the molecule is CC.CNc1cc(N2CCC3(CC2)Cc2ccc(C4CCNCC4)cc2C3)ccc1C(=N)C1CCC(=O)NC1=O. The van der Waals surface area contributed by atoms with Crippen LogP contribution in [-0.4, -0.2) is 50.8 Å². The first-order chi connectivity index (χ1) is 19.4. The van der Waals surface area contributed by atoms with Crippen molar-refractivity contribution < 1.29 is 9.59 Å². The van der Waals surface area contributed by atoms with Crippen molar-refractivity contribution in [3.05, 3.63) is 58.7 Å². The average molecular weight is 544 g/mol. The van der Waals surface area contributed by atoms with Crippen molar-refractivity contribution in [1.29, 1.82) is 5.41 Å². The van der Waals surface area contributed by atoms with E-state index in [0.717, 1.165) is 43.1 Å². The highest BCUT2D eigenvalue weighted by molar-refractivity contribution is 6.17. The van der Waals surface area contributed by atoms with E-state index in [1.54, 1.807) is 16.7 Å². The molecule has 2 aromatic carbocycles. The van der Waals surface area contributed by atoms with Gasteiger partial charge < -0.3 is 20.9 Å². The summed E-state index contributed by atoms with van der Waals surface area (Å²) in [5, 5.41) is 17.8. The largest absolute Gasteiger partial charge is 0.388 e. The summed E-state index contributed by atoms with van der Waals surface area (Å²) < 4.78 is 0. The number of rotatable bonds is 5. The number of amides is 2. The maximum atomic E-state index is 12.3. The van der Waals surface area contributed by atoms with Crippen LogP contribution in [0.25, 0.3) is 0 Å². The third-order valence-corrected chi connectivity index (χ3v) is 9.51. The highest BCUT2D eigenvalue weighted by Gasteiger charge is 2.40. The molecule has 3 aliphatic heterocycles. The van der Waals surface area contributed by atoms with Gasteiger partial charge in [0.05, 0.1) is 11.6 Å². The molecular formula is C33H45N5O2. The van der Waals surface area contributed by atoms with Gasteiger partial charge in [-0.05, 0) is 104 Å². The smallest absolute Gasteiger partial charge is 0.235 e. The fourth-order valence-electron chi connectivity index (χ4n) is 7.18. The summed E-state index contributed by atoms with van der Waals surface area (Å²) in [6.45, 7) is 8.33. The highest BCUT2D eigenvalue weighted by atomic mass is 16.2. The van der Waals surface area contributed by atoms with E-state index in [-0.39, 0.29) is 23.9 Å². The minimum atomic E-state index is -0.584. The minimum Gasteiger partial charge on any atom is -0.388 e. The van der Waals surface area contributed by atoms with Crippen molar-refractivity contribution in [3.63, 3.8) is 0 Å². The lowest BCUT2D eigenvalue weighted by molar-refractivity contribution is -0.134. The Labute approximate surface area is 239 Å². The van der Waals surface area contributed by atoms with E-state index in [1.807, 2.05) is 27.0 Å². The van der Waals surface area contributed by atoms with Crippen molar-refractivity contribution >= 4 is 28.9 Å². The molecule has 0 bridgehead atoms. The third-order valence-electron chi connectivity index (χ3n) is 9.51. The van der Waals surface area contributed by atoms with Gasteiger partial charge in [-0.2, -0.15) is 0 Å². The molecule has 4 N–H and O–H groups in total. The van der Waals surface area contributed by atoms with Gasteiger partial charge in [0, 0.05) is 43.5 Å². The van der Waals surface area contributed by atoms with Crippen LogP contribution in [0, 0.1) is 16.7 Å². The van der Waals surface area contributed by atoms with Crippen LogP contribution in [0.2, 0.25) is 0 Å². The molecule has 1 atom stereocenters. The summed E-state index contributed by atoms with van der Waals surface area (Å²) in [6.07, 6.45) is 7.96. The molecule has 1 spiro atoms. The second-order valence-corrected chi connectivity index (χ2v) is 11.8. The van der Waals surface area contributed by atoms with Crippen LogP contribution < -0.4 is 20.9 Å². The van der Waals surface area contributed by atoms with Crippen molar-refractivity contribution in [3.8, 4) is 0 Å². The van der Waals surface area contributed by atoms with Crippen LogP contribution in [0.3, 0.4) is 0 Å². The maximum Gasteiger partial charge on any atom is 0.235 e. The Morgan fingerprint density at radius 2 is 1.70 bits per heavy atom. The molecule has 0 saturated carbocycles. The number of carbonyl (C=O) groups excluding carboxylic acids is 2. The number of nitrogens with zero attached hydrogens (tertiary/aromatic N) is 1. The first kappa shape index (κ1) is 28.3. The Bertz CT molecular complexity index is 1260. The predicted octanol–water partition coefficient (Wildman–Crippen LogP) is 5.03. The molecule has 0 radical (unpaired) electrons. The minimum absolute atomic E-state index is 0.251. The molecule has 3 fully saturated rings. The lowest BCUT2D eigenvalue weighted by Crippen LogP contribution is -2.44. The number of anilines is 2. The normalized spacial score (nSPS) is 22.3. The van der Waals surface area contributed by atoms with Crippen LogP contribution >= 0.6 is 0 Å². The highest BCUT2D eigenvalue weighted by Crippen LogP contribution is 2.46. The second kappa shape index (κ2) is 12.1. The van der Waals surface area contributed by atoms with Crippen molar-refractivity contribution in [2.24, 2.45) is 11.3 Å². The maximum absolute atomic E-state index is 12.3. The zero-order chi connectivity index (χ0) is 28.3. The van der Waals surface area contributed by atoms with E-state index in [1.165, 1.54) is 38.5 Å². The molecule has 214 valence electrons. The van der Waals surface area contributed by atoms with Gasteiger partial charge in [-0.3, -0.25) is 14.9 Å². The summed E-state index contributed by atoms with van der Waals surface area (Å²) >= 11 is 0. The van der Waals surface area contributed by atoms with Crippen molar-refractivity contribution in [1.82, 2.24) is 10.6 Å². The van der Waals surface area contributed by atoms with Crippen LogP contribution in [0.15, 0.2) is 36.4 Å². The molecule has 1 unspecified atom stereocenters. The molecule has 3 saturated heterocycles. The van der Waals surface area contributed by atoms with Crippen LogP contribution in [0.1, 0.15) is 80.5 Å². The van der Waals surface area contributed by atoms with Gasteiger partial charge in [0.25, 0.3) is 0 Å². The number of piperidine rings is 3. The van der Waals surface area contributed by atoms with Gasteiger partial charge >= 0.3 is 0 Å². The van der Waals surface area contributed by atoms with Gasteiger partial charge in [-0.1, -0.05) is 32.0 Å². The van der Waals surface area contributed by atoms with Crippen LogP contribution in [0.5, 0.6) is 0 Å². The van der Waals surface area contributed by atoms with Gasteiger partial charge in [-0.15, -0.1) is 0 Å². The Morgan fingerprint density at radius 3 is 2.40 bits per heavy atom. The molecule has 40 heavy (non-hydrogen) atoms. The quantitative estimate of drug-likeness (QED) is 0.313. The zero-order valence-electron chi connectivity index (χ0n) is 24.4. The molecule has 1 aliphatic carbocycles. The van der Waals surface area contributed by atoms with Gasteiger partial charge in [-0.25, -0.2) is 0 Å². The molecule has 0 aromatic heterocycles. The van der Waals surface area contributed by atoms with E-state index in [0.29, 0.717) is 17.8 Å². The van der Waals surface area contributed by atoms with Crippen molar-refractivity contribution in [2.75, 3.05) is 43.4 Å². The Hall–Kier alpha value is -3.19. The van der Waals surface area contributed by atoms with E-state index >= 15 is 0 Å².